The number of alkyl halides is 3. The Morgan fingerprint density at radius 3 is 2.48 bits per heavy atom. The second-order valence-electron chi connectivity index (χ2n) is 6.72. The largest absolute Gasteiger partial charge is 0.416 e. The van der Waals surface area contributed by atoms with Crippen LogP contribution in [0.4, 0.5) is 13.2 Å². The molecule has 2 aromatic heterocycles. The third-order valence-corrected chi connectivity index (χ3v) is 6.17. The van der Waals surface area contributed by atoms with E-state index < -0.39 is 33.7 Å². The molecule has 0 saturated carbocycles. The number of amides is 1. The Hall–Kier alpha value is -2.99. The molecule has 166 valence electrons. The van der Waals surface area contributed by atoms with Gasteiger partial charge in [0.1, 0.15) is 16.4 Å². The monoisotopic (exact) mass is 455 g/mol. The van der Waals surface area contributed by atoms with E-state index >= 15 is 0 Å². The molecule has 0 fully saturated rings. The van der Waals surface area contributed by atoms with Gasteiger partial charge in [-0.3, -0.25) is 4.79 Å². The molecular weight excluding hydrogens is 435 g/mol. The summed E-state index contributed by atoms with van der Waals surface area (Å²) in [5, 5.41) is 2.38. The third-order valence-electron chi connectivity index (χ3n) is 4.65. The molecule has 0 aliphatic rings. The number of sulfonamides is 1. The van der Waals surface area contributed by atoms with Crippen molar-refractivity contribution in [3.63, 3.8) is 0 Å². The van der Waals surface area contributed by atoms with Crippen molar-refractivity contribution in [2.24, 2.45) is 0 Å². The summed E-state index contributed by atoms with van der Waals surface area (Å²) < 4.78 is 68.7. The topological polar surface area (TPSA) is 106 Å². The van der Waals surface area contributed by atoms with Gasteiger partial charge in [-0.15, -0.1) is 0 Å². The smallest absolute Gasteiger partial charge is 0.354 e. The molecule has 0 saturated heterocycles. The molecule has 12 heteroatoms. The number of nitrogens with one attached hydrogen (secondary N) is 2. The Labute approximate surface area is 176 Å². The maximum absolute atomic E-state index is 13.1. The lowest BCUT2D eigenvalue weighted by Gasteiger charge is -2.16. The van der Waals surface area contributed by atoms with Crippen molar-refractivity contribution in [1.29, 1.82) is 0 Å². The van der Waals surface area contributed by atoms with Gasteiger partial charge in [0.25, 0.3) is 5.91 Å². The van der Waals surface area contributed by atoms with Crippen LogP contribution in [-0.2, 0) is 22.7 Å². The Morgan fingerprint density at radius 2 is 1.94 bits per heavy atom. The van der Waals surface area contributed by atoms with Crippen LogP contribution in [0.2, 0.25) is 0 Å². The summed E-state index contributed by atoms with van der Waals surface area (Å²) >= 11 is 0. The van der Waals surface area contributed by atoms with E-state index in [0.717, 1.165) is 18.3 Å². The summed E-state index contributed by atoms with van der Waals surface area (Å²) in [6, 6.07) is 4.87. The van der Waals surface area contributed by atoms with Crippen LogP contribution in [-0.4, -0.2) is 35.9 Å². The summed E-state index contributed by atoms with van der Waals surface area (Å²) in [5.41, 5.74) is -0.165. The number of pyridine rings is 1. The van der Waals surface area contributed by atoms with Crippen molar-refractivity contribution in [3.8, 4) is 0 Å². The van der Waals surface area contributed by atoms with Gasteiger partial charge >= 0.3 is 6.18 Å². The van der Waals surface area contributed by atoms with Gasteiger partial charge in [-0.25, -0.2) is 23.1 Å². The highest BCUT2D eigenvalue weighted by molar-refractivity contribution is 7.89. The number of fused-ring (bicyclic) bond motifs is 1. The number of hydrogen-bond acceptors (Lipinski definition) is 5. The lowest BCUT2D eigenvalue weighted by Crippen LogP contribution is -2.29. The molecule has 1 atom stereocenters. The fraction of sp³-hybridized carbons (Fsp3) is 0.316. The Morgan fingerprint density at radius 1 is 1.23 bits per heavy atom. The highest BCUT2D eigenvalue weighted by atomic mass is 32.2. The molecule has 0 spiro atoms. The van der Waals surface area contributed by atoms with E-state index in [4.69, 9.17) is 0 Å². The second kappa shape index (κ2) is 8.27. The van der Waals surface area contributed by atoms with Gasteiger partial charge < -0.3 is 9.88 Å². The maximum Gasteiger partial charge on any atom is 0.416 e. The zero-order valence-electron chi connectivity index (χ0n) is 16.9. The highest BCUT2D eigenvalue weighted by Crippen LogP contribution is 2.32. The Balaban J connectivity index is 1.93. The van der Waals surface area contributed by atoms with Crippen molar-refractivity contribution < 1.29 is 26.4 Å². The number of halogens is 3. The number of aromatic nitrogens is 3. The van der Waals surface area contributed by atoms with Crippen LogP contribution in [0.15, 0.2) is 41.4 Å². The molecule has 2 N–H and O–H groups in total. The molecule has 3 rings (SSSR count). The SMILES string of the molecule is CCn1c([C@@H](C)NS(=O)(=O)c2ccc(C(=O)NC)nc2)nc2ccc(C(F)(F)F)cc21. The molecule has 0 radical (unpaired) electrons. The number of aryl methyl sites for hydroxylation is 1. The fourth-order valence-corrected chi connectivity index (χ4v) is 4.28. The van der Waals surface area contributed by atoms with E-state index in [-0.39, 0.29) is 21.9 Å². The lowest BCUT2D eigenvalue weighted by molar-refractivity contribution is -0.137. The molecule has 0 bridgehead atoms. The van der Waals surface area contributed by atoms with Gasteiger partial charge in [-0.1, -0.05) is 0 Å². The number of hydrogen-bond donors (Lipinski definition) is 2. The number of imidazole rings is 1. The first-order valence-electron chi connectivity index (χ1n) is 9.25. The lowest BCUT2D eigenvalue weighted by atomic mass is 10.2. The Kier molecular flexibility index (Phi) is 6.05. The van der Waals surface area contributed by atoms with Crippen LogP contribution in [0.1, 0.15) is 41.8 Å². The van der Waals surface area contributed by atoms with E-state index in [1.54, 1.807) is 13.8 Å². The van der Waals surface area contributed by atoms with E-state index in [1.165, 1.54) is 29.8 Å². The Bertz CT molecular complexity index is 1220. The highest BCUT2D eigenvalue weighted by Gasteiger charge is 2.31. The molecule has 0 aliphatic heterocycles. The summed E-state index contributed by atoms with van der Waals surface area (Å²) in [6.07, 6.45) is -3.45. The normalized spacial score (nSPS) is 13.4. The van der Waals surface area contributed by atoms with Gasteiger partial charge in [-0.05, 0) is 44.2 Å². The predicted molar refractivity (Wildman–Crippen MR) is 107 cm³/mol. The van der Waals surface area contributed by atoms with Gasteiger partial charge in [0.15, 0.2) is 0 Å². The van der Waals surface area contributed by atoms with Crippen molar-refractivity contribution >= 4 is 27.0 Å². The van der Waals surface area contributed by atoms with Crippen LogP contribution >= 0.6 is 0 Å². The minimum absolute atomic E-state index is 0.0581. The van der Waals surface area contributed by atoms with E-state index in [0.29, 0.717) is 12.1 Å². The number of carbonyl (C=O) groups is 1. The van der Waals surface area contributed by atoms with Gasteiger partial charge in [0.05, 0.1) is 22.6 Å². The quantitative estimate of drug-likeness (QED) is 0.595. The minimum atomic E-state index is -4.50. The molecular formula is C19H20F3N5O3S. The summed E-state index contributed by atoms with van der Waals surface area (Å²) in [6.45, 7) is 3.57. The summed E-state index contributed by atoms with van der Waals surface area (Å²) in [7, 11) is -2.60. The fourth-order valence-electron chi connectivity index (χ4n) is 3.14. The maximum atomic E-state index is 13.1. The van der Waals surface area contributed by atoms with Crippen molar-refractivity contribution in [2.75, 3.05) is 7.05 Å². The number of carbonyl (C=O) groups excluding carboxylic acids is 1. The summed E-state index contributed by atoms with van der Waals surface area (Å²) in [4.78, 5) is 19.6. The van der Waals surface area contributed by atoms with Crippen molar-refractivity contribution in [1.82, 2.24) is 24.6 Å². The van der Waals surface area contributed by atoms with E-state index in [9.17, 15) is 26.4 Å². The number of rotatable bonds is 6. The van der Waals surface area contributed by atoms with Crippen LogP contribution in [0.25, 0.3) is 11.0 Å². The molecule has 31 heavy (non-hydrogen) atoms. The molecule has 8 nitrogen and oxygen atoms in total. The molecule has 3 aromatic rings. The second-order valence-corrected chi connectivity index (χ2v) is 8.43. The standard InChI is InChI=1S/C19H20F3N5O3S/c1-4-27-16-9-12(19(20,21)22)5-7-14(16)25-17(27)11(2)26-31(29,30)13-6-8-15(24-10-13)18(28)23-3/h5-11,26H,4H2,1-3H3,(H,23,28)/t11-/m1/s1. The molecule has 0 unspecified atom stereocenters. The van der Waals surface area contributed by atoms with Crippen molar-refractivity contribution in [3.05, 3.63) is 53.6 Å². The molecule has 1 amide bonds. The van der Waals surface area contributed by atoms with Crippen LogP contribution in [0.3, 0.4) is 0 Å². The first kappa shape index (κ1) is 22.7. The van der Waals surface area contributed by atoms with Crippen LogP contribution in [0.5, 0.6) is 0 Å². The third kappa shape index (κ3) is 4.54. The predicted octanol–water partition coefficient (Wildman–Crippen LogP) is 2.87. The average Bonchev–Trinajstić information content (AvgIpc) is 3.10. The zero-order chi connectivity index (χ0) is 23.0. The van der Waals surface area contributed by atoms with Gasteiger partial charge in [0, 0.05) is 19.8 Å². The van der Waals surface area contributed by atoms with Crippen LogP contribution in [0, 0.1) is 0 Å². The van der Waals surface area contributed by atoms with E-state index in [1.807, 2.05) is 0 Å². The number of benzene rings is 1. The minimum Gasteiger partial charge on any atom is -0.354 e. The van der Waals surface area contributed by atoms with E-state index in [2.05, 4.69) is 20.0 Å². The van der Waals surface area contributed by atoms with Gasteiger partial charge in [0.2, 0.25) is 10.0 Å². The molecule has 0 aliphatic carbocycles. The summed E-state index contributed by atoms with van der Waals surface area (Å²) in [5.74, 6) is -0.185. The first-order valence-corrected chi connectivity index (χ1v) is 10.7. The molecule has 1 aromatic carbocycles. The molecule has 2 heterocycles. The van der Waals surface area contributed by atoms with Crippen molar-refractivity contribution in [2.45, 2.75) is 37.5 Å². The zero-order valence-corrected chi connectivity index (χ0v) is 17.7. The first-order chi connectivity index (χ1) is 14.5. The van der Waals surface area contributed by atoms with Crippen LogP contribution < -0.4 is 10.0 Å². The number of nitrogens with zero attached hydrogens (tertiary/aromatic N) is 3. The van der Waals surface area contributed by atoms with Gasteiger partial charge in [-0.2, -0.15) is 13.2 Å². The average molecular weight is 455 g/mol.